The van der Waals surface area contributed by atoms with Gasteiger partial charge in [-0.05, 0) is 43.2 Å². The number of aromatic nitrogens is 2. The van der Waals surface area contributed by atoms with Crippen molar-refractivity contribution in [3.63, 3.8) is 0 Å². The molecule has 3 aliphatic heterocycles. The van der Waals surface area contributed by atoms with E-state index in [0.29, 0.717) is 0 Å². The number of amides is 1. The highest BCUT2D eigenvalue weighted by Crippen LogP contribution is 2.40. The number of hydrogen-bond donors (Lipinski definition) is 2. The molecule has 2 saturated heterocycles. The minimum Gasteiger partial charge on any atom is -0.368 e. The Labute approximate surface area is 183 Å². The van der Waals surface area contributed by atoms with Gasteiger partial charge in [0.2, 0.25) is 5.91 Å². The van der Waals surface area contributed by atoms with Gasteiger partial charge >= 0.3 is 0 Å². The van der Waals surface area contributed by atoms with Crippen molar-refractivity contribution >= 4 is 30.7 Å². The second kappa shape index (κ2) is 9.04. The molecule has 1 aromatic heterocycles. The first-order valence-electron chi connectivity index (χ1n) is 10.0. The molecule has 0 saturated carbocycles. The molecule has 29 heavy (non-hydrogen) atoms. The zero-order valence-corrected chi connectivity index (χ0v) is 17.9. The number of piperidine rings is 1. The number of hydrogen-bond acceptors (Lipinski definition) is 4. The number of ether oxygens (including phenoxy) is 1. The van der Waals surface area contributed by atoms with Crippen LogP contribution in [-0.4, -0.2) is 46.7 Å². The lowest BCUT2D eigenvalue weighted by atomic mass is 9.83. The van der Waals surface area contributed by atoms with Gasteiger partial charge in [-0.3, -0.25) is 15.2 Å². The summed E-state index contributed by atoms with van der Waals surface area (Å²) in [7, 11) is 0. The molecule has 2 fully saturated rings. The van der Waals surface area contributed by atoms with Crippen LogP contribution in [0.1, 0.15) is 48.5 Å². The van der Waals surface area contributed by atoms with Crippen molar-refractivity contribution in [3.8, 4) is 0 Å². The number of nitrogens with zero attached hydrogens (tertiary/aromatic N) is 2. The van der Waals surface area contributed by atoms with E-state index in [4.69, 9.17) is 4.74 Å². The highest BCUT2D eigenvalue weighted by atomic mass is 35.5. The molecule has 2 N–H and O–H groups in total. The molecule has 0 radical (unpaired) electrons. The van der Waals surface area contributed by atoms with E-state index in [2.05, 4.69) is 39.8 Å². The molecule has 0 unspecified atom stereocenters. The molecule has 6 nitrogen and oxygen atoms in total. The Morgan fingerprint density at radius 1 is 1.14 bits per heavy atom. The summed E-state index contributed by atoms with van der Waals surface area (Å²) in [4.78, 5) is 15.1. The minimum absolute atomic E-state index is 0. The maximum absolute atomic E-state index is 13.0. The van der Waals surface area contributed by atoms with Gasteiger partial charge in [-0.15, -0.1) is 24.8 Å². The fourth-order valence-electron chi connectivity index (χ4n) is 4.91. The number of aromatic amines is 1. The predicted octanol–water partition coefficient (Wildman–Crippen LogP) is 3.14. The van der Waals surface area contributed by atoms with E-state index in [-0.39, 0.29) is 48.4 Å². The van der Waals surface area contributed by atoms with Gasteiger partial charge in [-0.2, -0.15) is 5.10 Å². The summed E-state index contributed by atoms with van der Waals surface area (Å²) in [5, 5.41) is 10.9. The number of benzene rings is 1. The highest BCUT2D eigenvalue weighted by molar-refractivity contribution is 5.85. The van der Waals surface area contributed by atoms with E-state index in [9.17, 15) is 4.79 Å². The molecule has 1 aromatic carbocycles. The van der Waals surface area contributed by atoms with Gasteiger partial charge in [0.05, 0.1) is 24.5 Å². The lowest BCUT2D eigenvalue weighted by molar-refractivity contribution is -0.143. The van der Waals surface area contributed by atoms with Gasteiger partial charge in [0.15, 0.2) is 0 Å². The summed E-state index contributed by atoms with van der Waals surface area (Å²) in [5.41, 5.74) is 3.39. The lowest BCUT2D eigenvalue weighted by Gasteiger charge is -2.43. The molecule has 8 heteroatoms. The van der Waals surface area contributed by atoms with Crippen LogP contribution in [0.3, 0.4) is 0 Å². The molecule has 1 amide bonds. The monoisotopic (exact) mass is 438 g/mol. The van der Waals surface area contributed by atoms with Crippen LogP contribution in [0.2, 0.25) is 0 Å². The quantitative estimate of drug-likeness (QED) is 0.755. The highest BCUT2D eigenvalue weighted by Gasteiger charge is 2.44. The van der Waals surface area contributed by atoms with Crippen molar-refractivity contribution in [2.75, 3.05) is 19.7 Å². The van der Waals surface area contributed by atoms with E-state index in [1.165, 1.54) is 11.1 Å². The Hall–Kier alpha value is -1.60. The molecule has 158 valence electrons. The number of fused-ring (bicyclic) bond motifs is 2. The molecular formula is C21H28Cl2N4O2. The Morgan fingerprint density at radius 3 is 2.66 bits per heavy atom. The number of likely N-dealkylation sites (tertiary alicyclic amines) is 1. The Bertz CT molecular complexity index is 821. The predicted molar refractivity (Wildman–Crippen MR) is 116 cm³/mol. The van der Waals surface area contributed by atoms with Crippen molar-refractivity contribution < 1.29 is 9.53 Å². The number of carbonyl (C=O) groups excluding carboxylic acids is 1. The number of halogens is 2. The molecule has 1 spiro atoms. The molecule has 2 atom stereocenters. The van der Waals surface area contributed by atoms with Crippen molar-refractivity contribution in [1.29, 1.82) is 0 Å². The van der Waals surface area contributed by atoms with Gasteiger partial charge in [-0.25, -0.2) is 0 Å². The topological polar surface area (TPSA) is 70.2 Å². The van der Waals surface area contributed by atoms with Gasteiger partial charge in [-0.1, -0.05) is 30.3 Å². The van der Waals surface area contributed by atoms with Gasteiger partial charge in [0.25, 0.3) is 0 Å². The molecule has 5 rings (SSSR count). The third-order valence-corrected chi connectivity index (χ3v) is 6.45. The number of nitrogens with one attached hydrogen (secondary N) is 2. The summed E-state index contributed by atoms with van der Waals surface area (Å²) in [5.74, 6) is 0.240. The van der Waals surface area contributed by atoms with Crippen LogP contribution in [0.15, 0.2) is 36.5 Å². The molecular weight excluding hydrogens is 411 g/mol. The molecule has 2 aromatic rings. The smallest absolute Gasteiger partial charge is 0.239 e. The summed E-state index contributed by atoms with van der Waals surface area (Å²) in [6, 6.07) is 10.6. The summed E-state index contributed by atoms with van der Waals surface area (Å²) < 4.78 is 6.19. The van der Waals surface area contributed by atoms with Crippen LogP contribution in [0.5, 0.6) is 0 Å². The van der Waals surface area contributed by atoms with Crippen molar-refractivity contribution in [1.82, 2.24) is 20.4 Å². The van der Waals surface area contributed by atoms with Crippen LogP contribution < -0.4 is 5.32 Å². The van der Waals surface area contributed by atoms with Crippen molar-refractivity contribution in [3.05, 3.63) is 53.3 Å². The zero-order chi connectivity index (χ0) is 18.3. The van der Waals surface area contributed by atoms with Crippen LogP contribution in [0.4, 0.5) is 0 Å². The Balaban J connectivity index is 0.00000120. The fourth-order valence-corrected chi connectivity index (χ4v) is 4.91. The van der Waals surface area contributed by atoms with Crippen LogP contribution in [0.25, 0.3) is 0 Å². The SMILES string of the molecule is Cl.Cl.O=C([C@H]1CC[C@H](c2ccccc2)N1)N1CCC2(CC1)OCCc1cn[nH]c12. The first kappa shape index (κ1) is 22.1. The van der Waals surface area contributed by atoms with E-state index >= 15 is 0 Å². The fraction of sp³-hybridized carbons (Fsp3) is 0.524. The first-order chi connectivity index (χ1) is 13.3. The van der Waals surface area contributed by atoms with E-state index in [1.807, 2.05) is 17.2 Å². The minimum atomic E-state index is -0.281. The molecule has 4 heterocycles. The van der Waals surface area contributed by atoms with E-state index < -0.39 is 0 Å². The Kier molecular flexibility index (Phi) is 6.89. The third kappa shape index (κ3) is 4.04. The Morgan fingerprint density at radius 2 is 1.90 bits per heavy atom. The van der Waals surface area contributed by atoms with Gasteiger partial charge < -0.3 is 9.64 Å². The maximum atomic E-state index is 13.0. The number of rotatable bonds is 2. The standard InChI is InChI=1S/C21H26N4O2.2ClH/c26-20(18-7-6-17(23-18)15-4-2-1-3-5-15)25-11-9-21(10-12-25)19-16(8-13-27-21)14-22-24-19;;/h1-5,14,17-18,23H,6-13H2,(H,22,24);2*1H/t17-,18-;;/m1../s1. The molecule has 0 bridgehead atoms. The summed E-state index contributed by atoms with van der Waals surface area (Å²) >= 11 is 0. The first-order valence-corrected chi connectivity index (χ1v) is 10.0. The summed E-state index contributed by atoms with van der Waals surface area (Å²) in [6.45, 7) is 2.22. The van der Waals surface area contributed by atoms with E-state index in [1.54, 1.807) is 0 Å². The zero-order valence-electron chi connectivity index (χ0n) is 16.3. The second-order valence-corrected chi connectivity index (χ2v) is 7.95. The van der Waals surface area contributed by atoms with Crippen molar-refractivity contribution in [2.45, 2.75) is 49.8 Å². The number of carbonyl (C=O) groups is 1. The largest absolute Gasteiger partial charge is 0.368 e. The molecule has 0 aliphatic carbocycles. The average Bonchev–Trinajstić information content (AvgIpc) is 3.39. The van der Waals surface area contributed by atoms with Gasteiger partial charge in [0, 0.05) is 19.1 Å². The van der Waals surface area contributed by atoms with Crippen LogP contribution in [0, 0.1) is 0 Å². The van der Waals surface area contributed by atoms with Crippen LogP contribution >= 0.6 is 24.8 Å². The maximum Gasteiger partial charge on any atom is 0.239 e. The second-order valence-electron chi connectivity index (χ2n) is 7.95. The average molecular weight is 439 g/mol. The molecule has 3 aliphatic rings. The van der Waals surface area contributed by atoms with Crippen molar-refractivity contribution in [2.24, 2.45) is 0 Å². The third-order valence-electron chi connectivity index (χ3n) is 6.45. The lowest BCUT2D eigenvalue weighted by Crippen LogP contribution is -2.52. The normalized spacial score (nSPS) is 25.0. The summed E-state index contributed by atoms with van der Waals surface area (Å²) in [6.07, 6.45) is 6.43. The van der Waals surface area contributed by atoms with E-state index in [0.717, 1.165) is 57.5 Å². The van der Waals surface area contributed by atoms with Crippen LogP contribution in [-0.2, 0) is 21.6 Å². The number of H-pyrrole nitrogens is 1. The van der Waals surface area contributed by atoms with Gasteiger partial charge in [0.1, 0.15) is 5.60 Å².